The summed E-state index contributed by atoms with van der Waals surface area (Å²) < 4.78 is 0. The lowest BCUT2D eigenvalue weighted by Crippen LogP contribution is -2.28. The Morgan fingerprint density at radius 1 is 1.22 bits per heavy atom. The van der Waals surface area contributed by atoms with E-state index >= 15 is 0 Å². The molecule has 1 atom stereocenters. The zero-order valence-corrected chi connectivity index (χ0v) is 12.7. The fourth-order valence-corrected chi connectivity index (χ4v) is 1.94. The Balaban J connectivity index is 2.78. The minimum Gasteiger partial charge on any atom is -0.372 e. The van der Waals surface area contributed by atoms with Crippen LogP contribution in [0.25, 0.3) is 0 Å². The Morgan fingerprint density at radius 3 is 2.39 bits per heavy atom. The molecular weight excluding hydrogens is 220 g/mol. The molecule has 0 aliphatic heterocycles. The molecule has 1 aromatic carbocycles. The van der Waals surface area contributed by atoms with E-state index in [2.05, 4.69) is 70.1 Å². The minimum atomic E-state index is 0.534. The Labute approximate surface area is 112 Å². The van der Waals surface area contributed by atoms with E-state index in [0.29, 0.717) is 12.1 Å². The van der Waals surface area contributed by atoms with Gasteiger partial charge in [-0.25, -0.2) is 0 Å². The maximum atomic E-state index is 3.47. The molecule has 0 spiro atoms. The van der Waals surface area contributed by atoms with Crippen LogP contribution in [0.2, 0.25) is 0 Å². The highest BCUT2D eigenvalue weighted by Gasteiger charge is 2.09. The summed E-state index contributed by atoms with van der Waals surface area (Å²) >= 11 is 0. The Hall–Kier alpha value is -1.02. The summed E-state index contributed by atoms with van der Waals surface area (Å²) in [6.07, 6.45) is 1.17. The van der Waals surface area contributed by atoms with E-state index in [-0.39, 0.29) is 0 Å². The van der Waals surface area contributed by atoms with Crippen LogP contribution in [-0.2, 0) is 6.54 Å². The van der Waals surface area contributed by atoms with Gasteiger partial charge in [0, 0.05) is 31.4 Å². The first-order valence-electron chi connectivity index (χ1n) is 7.01. The van der Waals surface area contributed by atoms with Crippen LogP contribution in [0, 0.1) is 6.92 Å². The van der Waals surface area contributed by atoms with Gasteiger partial charge in [0.1, 0.15) is 0 Å². The van der Waals surface area contributed by atoms with Gasteiger partial charge in [-0.15, -0.1) is 0 Å². The largest absolute Gasteiger partial charge is 0.372 e. The molecular formula is C16H28N2. The maximum Gasteiger partial charge on any atom is 0.0368 e. The average molecular weight is 248 g/mol. The third-order valence-electron chi connectivity index (χ3n) is 3.69. The van der Waals surface area contributed by atoms with Gasteiger partial charge in [-0.3, -0.25) is 0 Å². The van der Waals surface area contributed by atoms with Gasteiger partial charge in [0.2, 0.25) is 0 Å². The zero-order chi connectivity index (χ0) is 13.7. The lowest BCUT2D eigenvalue weighted by molar-refractivity contribution is 0.587. The van der Waals surface area contributed by atoms with Gasteiger partial charge in [-0.1, -0.05) is 26.8 Å². The van der Waals surface area contributed by atoms with E-state index in [1.54, 1.807) is 0 Å². The van der Waals surface area contributed by atoms with Gasteiger partial charge in [0.15, 0.2) is 0 Å². The molecule has 0 heterocycles. The van der Waals surface area contributed by atoms with Crippen LogP contribution in [0.5, 0.6) is 0 Å². The second-order valence-electron chi connectivity index (χ2n) is 5.51. The van der Waals surface area contributed by atoms with Crippen LogP contribution in [0.3, 0.4) is 0 Å². The number of nitrogens with one attached hydrogen (secondary N) is 1. The summed E-state index contributed by atoms with van der Waals surface area (Å²) in [5.74, 6) is 0. The summed E-state index contributed by atoms with van der Waals surface area (Å²) in [4.78, 5) is 2.35. The van der Waals surface area contributed by atoms with Crippen LogP contribution in [0.1, 0.15) is 45.2 Å². The van der Waals surface area contributed by atoms with Crippen LogP contribution in [-0.4, -0.2) is 19.1 Å². The van der Waals surface area contributed by atoms with E-state index in [0.717, 1.165) is 6.54 Å². The minimum absolute atomic E-state index is 0.534. The second-order valence-corrected chi connectivity index (χ2v) is 5.51. The van der Waals surface area contributed by atoms with Crippen molar-refractivity contribution in [2.45, 2.75) is 59.7 Å². The maximum absolute atomic E-state index is 3.47. The Kier molecular flexibility index (Phi) is 5.67. The van der Waals surface area contributed by atoms with Crippen LogP contribution >= 0.6 is 0 Å². The van der Waals surface area contributed by atoms with E-state index in [1.165, 1.54) is 23.2 Å². The second kappa shape index (κ2) is 6.79. The molecule has 0 aromatic heterocycles. The van der Waals surface area contributed by atoms with E-state index in [4.69, 9.17) is 0 Å². The number of anilines is 1. The van der Waals surface area contributed by atoms with Crippen LogP contribution in [0.4, 0.5) is 5.69 Å². The number of hydrogen-bond acceptors (Lipinski definition) is 2. The van der Waals surface area contributed by atoms with Gasteiger partial charge in [0.25, 0.3) is 0 Å². The normalized spacial score (nSPS) is 12.8. The Morgan fingerprint density at radius 2 is 1.89 bits per heavy atom. The molecule has 0 aliphatic carbocycles. The van der Waals surface area contributed by atoms with E-state index in [9.17, 15) is 0 Å². The quantitative estimate of drug-likeness (QED) is 0.825. The highest BCUT2D eigenvalue weighted by molar-refractivity contribution is 5.50. The van der Waals surface area contributed by atoms with Gasteiger partial charge in [0.05, 0.1) is 0 Å². The van der Waals surface area contributed by atoms with Crippen molar-refractivity contribution in [1.29, 1.82) is 0 Å². The number of benzene rings is 1. The first-order valence-corrected chi connectivity index (χ1v) is 7.01. The van der Waals surface area contributed by atoms with Gasteiger partial charge < -0.3 is 10.2 Å². The van der Waals surface area contributed by atoms with Crippen LogP contribution < -0.4 is 10.2 Å². The molecule has 0 radical (unpaired) electrons. The first-order chi connectivity index (χ1) is 8.45. The number of hydrogen-bond donors (Lipinski definition) is 1. The van der Waals surface area contributed by atoms with Crippen molar-refractivity contribution in [2.24, 2.45) is 0 Å². The molecule has 2 nitrogen and oxygen atoms in total. The molecule has 0 bridgehead atoms. The van der Waals surface area contributed by atoms with Crippen molar-refractivity contribution in [3.63, 3.8) is 0 Å². The monoisotopic (exact) mass is 248 g/mol. The van der Waals surface area contributed by atoms with E-state index in [1.807, 2.05) is 0 Å². The van der Waals surface area contributed by atoms with Crippen molar-refractivity contribution >= 4 is 5.69 Å². The zero-order valence-electron chi connectivity index (χ0n) is 12.7. The molecule has 0 aliphatic rings. The van der Waals surface area contributed by atoms with Crippen molar-refractivity contribution < 1.29 is 0 Å². The van der Waals surface area contributed by atoms with Crippen molar-refractivity contribution in [3.05, 3.63) is 29.3 Å². The molecule has 2 heteroatoms. The number of aryl methyl sites for hydroxylation is 1. The molecule has 0 saturated carbocycles. The molecule has 1 unspecified atom stereocenters. The predicted molar refractivity (Wildman–Crippen MR) is 81.3 cm³/mol. The first kappa shape index (κ1) is 15.0. The summed E-state index contributed by atoms with van der Waals surface area (Å²) in [5.41, 5.74) is 4.08. The molecule has 1 rings (SSSR count). The number of nitrogens with zero attached hydrogens (tertiary/aromatic N) is 1. The molecule has 0 saturated heterocycles. The molecule has 102 valence electrons. The summed E-state index contributed by atoms with van der Waals surface area (Å²) in [6.45, 7) is 12.0. The van der Waals surface area contributed by atoms with Crippen molar-refractivity contribution in [3.8, 4) is 0 Å². The summed E-state index contributed by atoms with van der Waals surface area (Å²) in [7, 11) is 2.18. The molecule has 0 fully saturated rings. The fraction of sp³-hybridized carbons (Fsp3) is 0.625. The standard InChI is InChI=1S/C16H28N2/c1-7-14(5)18(6)16-9-8-15(13(4)10-16)11-17-12(2)3/h8-10,12,14,17H,7,11H2,1-6H3. The van der Waals surface area contributed by atoms with Crippen molar-refractivity contribution in [2.75, 3.05) is 11.9 Å². The van der Waals surface area contributed by atoms with Gasteiger partial charge >= 0.3 is 0 Å². The third-order valence-corrected chi connectivity index (χ3v) is 3.69. The summed E-state index contributed by atoms with van der Waals surface area (Å²) in [6, 6.07) is 7.90. The van der Waals surface area contributed by atoms with Gasteiger partial charge in [-0.2, -0.15) is 0 Å². The third kappa shape index (κ3) is 4.02. The fourth-order valence-electron chi connectivity index (χ4n) is 1.94. The Bertz CT molecular complexity index is 371. The van der Waals surface area contributed by atoms with Crippen molar-refractivity contribution in [1.82, 2.24) is 5.32 Å². The topological polar surface area (TPSA) is 15.3 Å². The average Bonchev–Trinajstić information content (AvgIpc) is 2.35. The molecule has 1 N–H and O–H groups in total. The van der Waals surface area contributed by atoms with Crippen LogP contribution in [0.15, 0.2) is 18.2 Å². The van der Waals surface area contributed by atoms with E-state index < -0.39 is 0 Å². The van der Waals surface area contributed by atoms with Gasteiger partial charge in [-0.05, 0) is 43.5 Å². The highest BCUT2D eigenvalue weighted by Crippen LogP contribution is 2.20. The molecule has 1 aromatic rings. The molecule has 0 amide bonds. The SMILES string of the molecule is CCC(C)N(C)c1ccc(CNC(C)C)c(C)c1. The summed E-state index contributed by atoms with van der Waals surface area (Å²) in [5, 5.41) is 3.47. The highest BCUT2D eigenvalue weighted by atomic mass is 15.1. The lowest BCUT2D eigenvalue weighted by atomic mass is 10.1. The number of rotatable bonds is 6. The lowest BCUT2D eigenvalue weighted by Gasteiger charge is -2.27. The smallest absolute Gasteiger partial charge is 0.0368 e. The molecule has 18 heavy (non-hydrogen) atoms. The predicted octanol–water partition coefficient (Wildman–Crippen LogP) is 3.73.